The number of aliphatic hydroxyl groups is 1. The van der Waals surface area contributed by atoms with Crippen LogP contribution in [-0.2, 0) is 19.3 Å². The number of benzene rings is 2. The van der Waals surface area contributed by atoms with Crippen molar-refractivity contribution in [3.63, 3.8) is 0 Å². The fourth-order valence-corrected chi connectivity index (χ4v) is 2.99. The van der Waals surface area contributed by atoms with Crippen molar-refractivity contribution < 1.29 is 9.50 Å². The molecule has 20 heavy (non-hydrogen) atoms. The van der Waals surface area contributed by atoms with E-state index in [1.165, 1.54) is 29.7 Å². The molecule has 2 heteroatoms. The standard InChI is InChI=1S/C18H19FO/c1-12-5-8-17(19)10-16(12)11-18(20)15-7-6-13-3-2-4-14(13)9-15/h5-10,18,20H,2-4,11H2,1H3. The van der Waals surface area contributed by atoms with E-state index in [9.17, 15) is 9.50 Å². The summed E-state index contributed by atoms with van der Waals surface area (Å²) < 4.78 is 13.3. The molecule has 2 aromatic carbocycles. The summed E-state index contributed by atoms with van der Waals surface area (Å²) in [5.74, 6) is -0.244. The van der Waals surface area contributed by atoms with Gasteiger partial charge in [-0.05, 0) is 66.1 Å². The number of fused-ring (bicyclic) bond motifs is 1. The molecule has 104 valence electrons. The first-order chi connectivity index (χ1) is 9.63. The van der Waals surface area contributed by atoms with Crippen molar-refractivity contribution >= 4 is 0 Å². The van der Waals surface area contributed by atoms with Crippen molar-refractivity contribution in [2.45, 2.75) is 38.7 Å². The predicted molar refractivity (Wildman–Crippen MR) is 78.3 cm³/mol. The summed E-state index contributed by atoms with van der Waals surface area (Å²) in [6.45, 7) is 1.95. The maximum absolute atomic E-state index is 13.3. The van der Waals surface area contributed by atoms with Gasteiger partial charge in [0, 0.05) is 6.42 Å². The van der Waals surface area contributed by atoms with Crippen molar-refractivity contribution in [2.75, 3.05) is 0 Å². The molecule has 0 bridgehead atoms. The van der Waals surface area contributed by atoms with Gasteiger partial charge in [-0.2, -0.15) is 0 Å². The van der Waals surface area contributed by atoms with Gasteiger partial charge in [0.25, 0.3) is 0 Å². The summed E-state index contributed by atoms with van der Waals surface area (Å²) in [6, 6.07) is 11.0. The molecule has 0 amide bonds. The molecule has 1 aliphatic rings. The van der Waals surface area contributed by atoms with E-state index < -0.39 is 6.10 Å². The van der Waals surface area contributed by atoms with Gasteiger partial charge in [-0.1, -0.05) is 24.3 Å². The molecule has 1 unspecified atom stereocenters. The Kier molecular flexibility index (Phi) is 3.58. The van der Waals surface area contributed by atoms with E-state index in [-0.39, 0.29) is 5.82 Å². The Morgan fingerprint density at radius 2 is 1.90 bits per heavy atom. The third kappa shape index (κ3) is 2.61. The summed E-state index contributed by atoms with van der Waals surface area (Å²) >= 11 is 0. The van der Waals surface area contributed by atoms with Gasteiger partial charge in [0.15, 0.2) is 0 Å². The largest absolute Gasteiger partial charge is 0.388 e. The molecule has 0 aliphatic heterocycles. The molecule has 0 saturated heterocycles. The monoisotopic (exact) mass is 270 g/mol. The summed E-state index contributed by atoms with van der Waals surface area (Å²) in [4.78, 5) is 0. The van der Waals surface area contributed by atoms with Crippen molar-refractivity contribution in [1.82, 2.24) is 0 Å². The number of rotatable bonds is 3. The summed E-state index contributed by atoms with van der Waals surface area (Å²) in [7, 11) is 0. The number of halogens is 1. The highest BCUT2D eigenvalue weighted by molar-refractivity contribution is 5.37. The molecule has 1 N–H and O–H groups in total. The molecular formula is C18H19FO. The first kappa shape index (κ1) is 13.3. The summed E-state index contributed by atoms with van der Waals surface area (Å²) in [5.41, 5.74) is 5.60. The second-order valence-electron chi connectivity index (χ2n) is 5.67. The average molecular weight is 270 g/mol. The van der Waals surface area contributed by atoms with Crippen LogP contribution in [0.4, 0.5) is 4.39 Å². The Bertz CT molecular complexity index is 633. The third-order valence-electron chi connectivity index (χ3n) is 4.23. The van der Waals surface area contributed by atoms with E-state index in [0.717, 1.165) is 29.5 Å². The van der Waals surface area contributed by atoms with Gasteiger partial charge in [0.2, 0.25) is 0 Å². The summed E-state index contributed by atoms with van der Waals surface area (Å²) in [6.07, 6.45) is 3.35. The van der Waals surface area contributed by atoms with Crippen LogP contribution in [-0.4, -0.2) is 5.11 Å². The minimum Gasteiger partial charge on any atom is -0.388 e. The molecule has 1 aliphatic carbocycles. The van der Waals surface area contributed by atoms with E-state index in [1.807, 2.05) is 13.0 Å². The Labute approximate surface area is 119 Å². The minimum absolute atomic E-state index is 0.244. The van der Waals surface area contributed by atoms with Crippen LogP contribution in [0, 0.1) is 12.7 Å². The van der Waals surface area contributed by atoms with E-state index in [4.69, 9.17) is 0 Å². The van der Waals surface area contributed by atoms with Crippen LogP contribution in [0.2, 0.25) is 0 Å². The number of aliphatic hydroxyl groups excluding tert-OH is 1. The van der Waals surface area contributed by atoms with Gasteiger partial charge in [-0.25, -0.2) is 4.39 Å². The van der Waals surface area contributed by atoms with Crippen LogP contribution in [0.5, 0.6) is 0 Å². The normalized spacial score (nSPS) is 15.2. The van der Waals surface area contributed by atoms with Crippen LogP contribution in [0.1, 0.15) is 40.3 Å². The van der Waals surface area contributed by atoms with Crippen LogP contribution < -0.4 is 0 Å². The van der Waals surface area contributed by atoms with Crippen LogP contribution in [0.15, 0.2) is 36.4 Å². The van der Waals surface area contributed by atoms with Crippen molar-refractivity contribution in [2.24, 2.45) is 0 Å². The van der Waals surface area contributed by atoms with Crippen molar-refractivity contribution in [3.05, 3.63) is 70.0 Å². The van der Waals surface area contributed by atoms with E-state index >= 15 is 0 Å². The molecule has 0 heterocycles. The second-order valence-corrected chi connectivity index (χ2v) is 5.67. The van der Waals surface area contributed by atoms with Gasteiger partial charge in [-0.3, -0.25) is 0 Å². The lowest BCUT2D eigenvalue weighted by Gasteiger charge is -2.14. The molecule has 0 spiro atoms. The Morgan fingerprint density at radius 1 is 1.10 bits per heavy atom. The van der Waals surface area contributed by atoms with Crippen molar-refractivity contribution in [1.29, 1.82) is 0 Å². The van der Waals surface area contributed by atoms with Crippen LogP contribution in [0.25, 0.3) is 0 Å². The molecule has 1 atom stereocenters. The quantitative estimate of drug-likeness (QED) is 0.897. The molecular weight excluding hydrogens is 251 g/mol. The smallest absolute Gasteiger partial charge is 0.123 e. The lowest BCUT2D eigenvalue weighted by molar-refractivity contribution is 0.178. The zero-order valence-corrected chi connectivity index (χ0v) is 11.7. The van der Waals surface area contributed by atoms with Gasteiger partial charge in [0.05, 0.1) is 6.10 Å². The third-order valence-corrected chi connectivity index (χ3v) is 4.23. The first-order valence-corrected chi connectivity index (χ1v) is 7.18. The molecule has 0 saturated carbocycles. The van der Waals surface area contributed by atoms with Gasteiger partial charge >= 0.3 is 0 Å². The van der Waals surface area contributed by atoms with Crippen LogP contribution >= 0.6 is 0 Å². The maximum Gasteiger partial charge on any atom is 0.123 e. The van der Waals surface area contributed by atoms with Gasteiger partial charge in [-0.15, -0.1) is 0 Å². The summed E-state index contributed by atoms with van der Waals surface area (Å²) in [5, 5.41) is 10.4. The lowest BCUT2D eigenvalue weighted by Crippen LogP contribution is -2.04. The molecule has 2 aromatic rings. The predicted octanol–water partition coefficient (Wildman–Crippen LogP) is 3.90. The molecule has 0 fully saturated rings. The zero-order chi connectivity index (χ0) is 14.1. The van der Waals surface area contributed by atoms with Gasteiger partial charge in [0.1, 0.15) is 5.82 Å². The zero-order valence-electron chi connectivity index (χ0n) is 11.7. The fraction of sp³-hybridized carbons (Fsp3) is 0.333. The van der Waals surface area contributed by atoms with Crippen LogP contribution in [0.3, 0.4) is 0 Å². The lowest BCUT2D eigenvalue weighted by atomic mass is 9.96. The number of hydrogen-bond donors (Lipinski definition) is 1. The SMILES string of the molecule is Cc1ccc(F)cc1CC(O)c1ccc2c(c1)CCC2. The fourth-order valence-electron chi connectivity index (χ4n) is 2.99. The first-order valence-electron chi connectivity index (χ1n) is 7.18. The minimum atomic E-state index is -0.568. The highest BCUT2D eigenvalue weighted by Gasteiger charge is 2.15. The number of hydrogen-bond acceptors (Lipinski definition) is 1. The topological polar surface area (TPSA) is 20.2 Å². The number of aryl methyl sites for hydroxylation is 3. The van der Waals surface area contributed by atoms with E-state index in [0.29, 0.717) is 6.42 Å². The Morgan fingerprint density at radius 3 is 2.75 bits per heavy atom. The highest BCUT2D eigenvalue weighted by atomic mass is 19.1. The Hall–Kier alpha value is -1.67. The molecule has 3 rings (SSSR count). The second kappa shape index (κ2) is 5.37. The van der Waals surface area contributed by atoms with Gasteiger partial charge < -0.3 is 5.11 Å². The highest BCUT2D eigenvalue weighted by Crippen LogP contribution is 2.27. The van der Waals surface area contributed by atoms with E-state index in [2.05, 4.69) is 12.1 Å². The molecule has 0 aromatic heterocycles. The maximum atomic E-state index is 13.3. The van der Waals surface area contributed by atoms with Crippen molar-refractivity contribution in [3.8, 4) is 0 Å². The molecule has 0 radical (unpaired) electrons. The Balaban J connectivity index is 1.82. The van der Waals surface area contributed by atoms with E-state index in [1.54, 1.807) is 6.07 Å². The average Bonchev–Trinajstić information content (AvgIpc) is 2.90. The molecule has 1 nitrogen and oxygen atoms in total.